The summed E-state index contributed by atoms with van der Waals surface area (Å²) in [6.45, 7) is 11.5. The molecule has 0 aliphatic carbocycles. The fourth-order valence-corrected chi connectivity index (χ4v) is 2.48. The van der Waals surface area contributed by atoms with Crippen molar-refractivity contribution in [3.63, 3.8) is 0 Å². The molecule has 0 saturated heterocycles. The number of anilines is 1. The largest absolute Gasteiger partial charge is 0.384 e. The number of carbonyl (C=O) groups is 1. The van der Waals surface area contributed by atoms with Crippen LogP contribution in [0.15, 0.2) is 18.2 Å². The van der Waals surface area contributed by atoms with Crippen molar-refractivity contribution >= 4 is 11.6 Å². The molecule has 1 aromatic carbocycles. The molecule has 0 heterocycles. The molecule has 0 bridgehead atoms. The van der Waals surface area contributed by atoms with E-state index in [1.165, 1.54) is 0 Å². The summed E-state index contributed by atoms with van der Waals surface area (Å²) in [5.74, 6) is 0.691. The van der Waals surface area contributed by atoms with Crippen molar-refractivity contribution in [2.24, 2.45) is 5.92 Å². The van der Waals surface area contributed by atoms with Crippen LogP contribution in [0.1, 0.15) is 56.5 Å². The van der Waals surface area contributed by atoms with Crippen LogP contribution in [0.2, 0.25) is 0 Å². The first kappa shape index (κ1) is 17.5. The van der Waals surface area contributed by atoms with E-state index >= 15 is 0 Å². The molecular weight excluding hydrogens is 260 g/mol. The molecule has 0 fully saturated rings. The second-order valence-electron chi connectivity index (χ2n) is 6.37. The summed E-state index contributed by atoms with van der Waals surface area (Å²) in [5.41, 5.74) is 2.84. The number of nitrogens with zero attached hydrogens (tertiary/aromatic N) is 1. The van der Waals surface area contributed by atoms with Crippen LogP contribution in [0.25, 0.3) is 0 Å². The summed E-state index contributed by atoms with van der Waals surface area (Å²) >= 11 is 0. The lowest BCUT2D eigenvalue weighted by Crippen LogP contribution is -2.36. The van der Waals surface area contributed by atoms with Gasteiger partial charge in [0.15, 0.2) is 0 Å². The highest BCUT2D eigenvalue weighted by atomic mass is 16.2. The average molecular weight is 290 g/mol. The van der Waals surface area contributed by atoms with Gasteiger partial charge in [-0.2, -0.15) is 0 Å². The predicted octanol–water partition coefficient (Wildman–Crippen LogP) is 4.32. The van der Waals surface area contributed by atoms with Gasteiger partial charge in [0.1, 0.15) is 0 Å². The second-order valence-corrected chi connectivity index (χ2v) is 6.37. The van der Waals surface area contributed by atoms with Gasteiger partial charge in [0.2, 0.25) is 0 Å². The van der Waals surface area contributed by atoms with Crippen molar-refractivity contribution in [2.75, 3.05) is 18.9 Å². The minimum Gasteiger partial charge on any atom is -0.384 e. The summed E-state index contributed by atoms with van der Waals surface area (Å²) in [6, 6.07) is 6.29. The quantitative estimate of drug-likeness (QED) is 0.811. The lowest BCUT2D eigenvalue weighted by Gasteiger charge is -2.27. The summed E-state index contributed by atoms with van der Waals surface area (Å²) in [4.78, 5) is 14.7. The molecule has 0 aliphatic rings. The Morgan fingerprint density at radius 1 is 1.29 bits per heavy atom. The van der Waals surface area contributed by atoms with Gasteiger partial charge in [0, 0.05) is 25.3 Å². The molecule has 1 amide bonds. The fraction of sp³-hybridized carbons (Fsp3) is 0.611. The van der Waals surface area contributed by atoms with Gasteiger partial charge >= 0.3 is 0 Å². The maximum Gasteiger partial charge on any atom is 0.255 e. The molecule has 118 valence electrons. The molecule has 1 aromatic rings. The number of amides is 1. The molecule has 3 heteroatoms. The molecule has 3 nitrogen and oxygen atoms in total. The van der Waals surface area contributed by atoms with Gasteiger partial charge in [-0.25, -0.2) is 0 Å². The van der Waals surface area contributed by atoms with Crippen LogP contribution >= 0.6 is 0 Å². The van der Waals surface area contributed by atoms with Gasteiger partial charge in [0.25, 0.3) is 5.91 Å². The van der Waals surface area contributed by atoms with Gasteiger partial charge in [-0.3, -0.25) is 4.79 Å². The topological polar surface area (TPSA) is 32.3 Å². The molecule has 0 aliphatic heterocycles. The number of benzene rings is 1. The maximum absolute atomic E-state index is 12.8. The number of hydrogen-bond acceptors (Lipinski definition) is 2. The predicted molar refractivity (Wildman–Crippen MR) is 91.0 cm³/mol. The molecule has 21 heavy (non-hydrogen) atoms. The summed E-state index contributed by atoms with van der Waals surface area (Å²) in [7, 11) is 1.90. The lowest BCUT2D eigenvalue weighted by molar-refractivity contribution is 0.0729. The van der Waals surface area contributed by atoms with E-state index < -0.39 is 0 Å². The number of nitrogens with one attached hydrogen (secondary N) is 1. The van der Waals surface area contributed by atoms with Crippen LogP contribution in [-0.2, 0) is 0 Å². The van der Waals surface area contributed by atoms with Crippen LogP contribution < -0.4 is 5.32 Å². The zero-order chi connectivity index (χ0) is 16.0. The highest BCUT2D eigenvalue weighted by Gasteiger charge is 2.20. The summed E-state index contributed by atoms with van der Waals surface area (Å²) in [6.07, 6.45) is 2.06. The van der Waals surface area contributed by atoms with Crippen molar-refractivity contribution in [3.05, 3.63) is 29.3 Å². The Balaban J connectivity index is 2.96. The van der Waals surface area contributed by atoms with Crippen LogP contribution in [0.4, 0.5) is 5.69 Å². The molecule has 1 N–H and O–H groups in total. The van der Waals surface area contributed by atoms with E-state index in [2.05, 4.69) is 33.0 Å². The third-order valence-corrected chi connectivity index (χ3v) is 3.76. The van der Waals surface area contributed by atoms with Crippen molar-refractivity contribution < 1.29 is 4.79 Å². The summed E-state index contributed by atoms with van der Waals surface area (Å²) in [5, 5.41) is 3.36. The first-order valence-corrected chi connectivity index (χ1v) is 7.98. The molecule has 1 atom stereocenters. The zero-order valence-electron chi connectivity index (χ0n) is 14.4. The second kappa shape index (κ2) is 8.06. The van der Waals surface area contributed by atoms with Crippen molar-refractivity contribution in [1.29, 1.82) is 0 Å². The number of aryl methyl sites for hydroxylation is 1. The molecule has 0 saturated carbocycles. The minimum atomic E-state index is 0.102. The SMILES string of the molecule is CCCNc1ccc(C)cc1C(=O)N(C)C(C)CC(C)C. The van der Waals surface area contributed by atoms with Gasteiger partial charge in [-0.05, 0) is 44.7 Å². The minimum absolute atomic E-state index is 0.102. The normalized spacial score (nSPS) is 12.3. The monoisotopic (exact) mass is 290 g/mol. The van der Waals surface area contributed by atoms with Gasteiger partial charge in [-0.15, -0.1) is 0 Å². The first-order valence-electron chi connectivity index (χ1n) is 7.98. The number of rotatable bonds is 7. The molecule has 0 aromatic heterocycles. The maximum atomic E-state index is 12.8. The van der Waals surface area contributed by atoms with E-state index in [-0.39, 0.29) is 11.9 Å². The van der Waals surface area contributed by atoms with Crippen LogP contribution in [0, 0.1) is 12.8 Å². The Kier molecular flexibility index (Phi) is 6.73. The molecular formula is C18H30N2O. The van der Waals surface area contributed by atoms with Crippen LogP contribution in [0.3, 0.4) is 0 Å². The van der Waals surface area contributed by atoms with Crippen LogP contribution in [0.5, 0.6) is 0 Å². The third-order valence-electron chi connectivity index (χ3n) is 3.76. The molecule has 1 unspecified atom stereocenters. The van der Waals surface area contributed by atoms with E-state index in [1.807, 2.05) is 37.1 Å². The van der Waals surface area contributed by atoms with E-state index in [9.17, 15) is 4.79 Å². The van der Waals surface area contributed by atoms with E-state index in [1.54, 1.807) is 0 Å². The highest BCUT2D eigenvalue weighted by molar-refractivity contribution is 5.99. The Morgan fingerprint density at radius 2 is 1.95 bits per heavy atom. The van der Waals surface area contributed by atoms with Crippen molar-refractivity contribution in [2.45, 2.75) is 53.5 Å². The molecule has 0 spiro atoms. The van der Waals surface area contributed by atoms with Crippen molar-refractivity contribution in [3.8, 4) is 0 Å². The zero-order valence-corrected chi connectivity index (χ0v) is 14.4. The number of carbonyl (C=O) groups excluding carboxylic acids is 1. The molecule has 0 radical (unpaired) electrons. The van der Waals surface area contributed by atoms with Gasteiger partial charge in [0.05, 0.1) is 5.56 Å². The number of hydrogen-bond donors (Lipinski definition) is 1. The van der Waals surface area contributed by atoms with Gasteiger partial charge < -0.3 is 10.2 Å². The Bertz CT molecular complexity index is 468. The summed E-state index contributed by atoms with van der Waals surface area (Å²) < 4.78 is 0. The average Bonchev–Trinajstić information content (AvgIpc) is 2.43. The smallest absolute Gasteiger partial charge is 0.255 e. The Morgan fingerprint density at radius 3 is 2.52 bits per heavy atom. The Labute approximate surface area is 129 Å². The standard InChI is InChI=1S/C18H30N2O/c1-7-10-19-17-9-8-14(4)12-16(17)18(21)20(6)15(5)11-13(2)3/h8-9,12-13,15,19H,7,10-11H2,1-6H3. The fourth-order valence-electron chi connectivity index (χ4n) is 2.48. The Hall–Kier alpha value is -1.51. The highest BCUT2D eigenvalue weighted by Crippen LogP contribution is 2.21. The van der Waals surface area contributed by atoms with E-state index in [0.717, 1.165) is 36.2 Å². The third kappa shape index (κ3) is 5.07. The van der Waals surface area contributed by atoms with Gasteiger partial charge in [-0.1, -0.05) is 32.4 Å². The lowest BCUT2D eigenvalue weighted by atomic mass is 10.0. The first-order chi connectivity index (χ1) is 9.86. The molecule has 1 rings (SSSR count). The van der Waals surface area contributed by atoms with E-state index in [0.29, 0.717) is 5.92 Å². The van der Waals surface area contributed by atoms with Crippen molar-refractivity contribution in [1.82, 2.24) is 4.90 Å². The van der Waals surface area contributed by atoms with Crippen LogP contribution in [-0.4, -0.2) is 30.4 Å². The van der Waals surface area contributed by atoms with E-state index in [4.69, 9.17) is 0 Å².